The van der Waals surface area contributed by atoms with Gasteiger partial charge in [-0.05, 0) is 17.2 Å². The first-order valence-electron chi connectivity index (χ1n) is 8.39. The summed E-state index contributed by atoms with van der Waals surface area (Å²) in [4.78, 5) is 20.8. The van der Waals surface area contributed by atoms with Crippen LogP contribution in [0, 0.1) is 20.2 Å². The highest BCUT2D eigenvalue weighted by atomic mass is 16.6. The molecule has 0 fully saturated rings. The molecule has 0 aliphatic carbocycles. The molecule has 0 aliphatic rings. The van der Waals surface area contributed by atoms with E-state index >= 15 is 0 Å². The second-order valence-corrected chi connectivity index (χ2v) is 5.91. The third-order valence-electron chi connectivity index (χ3n) is 4.02. The van der Waals surface area contributed by atoms with Gasteiger partial charge in [0.25, 0.3) is 5.69 Å². The van der Waals surface area contributed by atoms with Crippen LogP contribution < -0.4 is 5.43 Å². The summed E-state index contributed by atoms with van der Waals surface area (Å²) in [5.74, 6) is 0. The van der Waals surface area contributed by atoms with Crippen molar-refractivity contribution in [2.24, 2.45) is 5.10 Å². The molecule has 3 rings (SSSR count). The lowest BCUT2D eigenvalue weighted by Gasteiger charge is -2.09. The lowest BCUT2D eigenvalue weighted by Crippen LogP contribution is -2.09. The molecule has 0 amide bonds. The number of nitro groups is 2. The van der Waals surface area contributed by atoms with Crippen LogP contribution in [0.1, 0.15) is 11.1 Å². The fourth-order valence-electron chi connectivity index (χ4n) is 2.63. The van der Waals surface area contributed by atoms with Gasteiger partial charge in [0.15, 0.2) is 0 Å². The van der Waals surface area contributed by atoms with Gasteiger partial charge in [-0.3, -0.25) is 25.7 Å². The maximum absolute atomic E-state index is 11.3. The second kappa shape index (κ2) is 8.54. The first-order chi connectivity index (χ1) is 13.5. The summed E-state index contributed by atoms with van der Waals surface area (Å²) in [5, 5.41) is 26.5. The number of benzene rings is 3. The third kappa shape index (κ3) is 4.55. The fourth-order valence-corrected chi connectivity index (χ4v) is 2.63. The van der Waals surface area contributed by atoms with Gasteiger partial charge in [0.05, 0.1) is 21.6 Å². The number of non-ortho nitro benzene ring substituents is 1. The molecule has 28 heavy (non-hydrogen) atoms. The molecule has 0 saturated heterocycles. The number of nitrogens with zero attached hydrogens (tertiary/aromatic N) is 3. The third-order valence-corrected chi connectivity index (χ3v) is 4.02. The molecule has 0 radical (unpaired) electrons. The van der Waals surface area contributed by atoms with Crippen LogP contribution in [0.5, 0.6) is 0 Å². The van der Waals surface area contributed by atoms with Gasteiger partial charge in [-0.25, -0.2) is 0 Å². The second-order valence-electron chi connectivity index (χ2n) is 5.91. The summed E-state index contributed by atoms with van der Waals surface area (Å²) in [7, 11) is 0. The van der Waals surface area contributed by atoms with Gasteiger partial charge >= 0.3 is 5.69 Å². The smallest absolute Gasteiger partial charge is 0.271 e. The van der Waals surface area contributed by atoms with Crippen molar-refractivity contribution in [1.29, 1.82) is 0 Å². The van der Waals surface area contributed by atoms with Gasteiger partial charge in [-0.1, -0.05) is 60.7 Å². The molecular formula is C20H16N4O4. The summed E-state index contributed by atoms with van der Waals surface area (Å²) < 4.78 is 0. The standard InChI is InChI=1S/C20H16N4O4/c25-23(26)17-11-12-18(20(14-17)24(27)28)21-22-19(16-9-5-2-6-10-16)13-15-7-3-1-4-8-15/h1-12,14,21H,13H2. The van der Waals surface area contributed by atoms with Crippen LogP contribution in [0.3, 0.4) is 0 Å². The van der Waals surface area contributed by atoms with E-state index in [1.165, 1.54) is 12.1 Å². The first kappa shape index (κ1) is 18.7. The van der Waals surface area contributed by atoms with Crippen molar-refractivity contribution in [3.05, 3.63) is 110 Å². The van der Waals surface area contributed by atoms with Gasteiger partial charge in [0.2, 0.25) is 0 Å². The Morgan fingerprint density at radius 1 is 0.857 bits per heavy atom. The highest BCUT2D eigenvalue weighted by Crippen LogP contribution is 2.29. The Labute approximate surface area is 160 Å². The van der Waals surface area contributed by atoms with Crippen molar-refractivity contribution in [3.8, 4) is 0 Å². The number of hydrazone groups is 1. The molecule has 140 valence electrons. The van der Waals surface area contributed by atoms with Crippen molar-refractivity contribution in [2.45, 2.75) is 6.42 Å². The Morgan fingerprint density at radius 3 is 2.11 bits per heavy atom. The summed E-state index contributed by atoms with van der Waals surface area (Å²) >= 11 is 0. The van der Waals surface area contributed by atoms with Crippen LogP contribution in [0.15, 0.2) is 84.0 Å². The topological polar surface area (TPSA) is 111 Å². The molecule has 8 heteroatoms. The molecule has 0 atom stereocenters. The largest absolute Gasteiger partial charge is 0.301 e. The number of nitrogens with one attached hydrogen (secondary N) is 1. The fraction of sp³-hybridized carbons (Fsp3) is 0.0500. The minimum Gasteiger partial charge on any atom is -0.271 e. The molecule has 0 unspecified atom stereocenters. The predicted octanol–water partition coefficient (Wildman–Crippen LogP) is 4.56. The Bertz CT molecular complexity index is 1020. The van der Waals surface area contributed by atoms with E-state index < -0.39 is 15.5 Å². The number of nitro benzene ring substituents is 2. The van der Waals surface area contributed by atoms with Gasteiger partial charge in [0.1, 0.15) is 5.69 Å². The van der Waals surface area contributed by atoms with Crippen LogP contribution >= 0.6 is 0 Å². The van der Waals surface area contributed by atoms with Crippen molar-refractivity contribution < 1.29 is 9.85 Å². The molecule has 8 nitrogen and oxygen atoms in total. The lowest BCUT2D eigenvalue weighted by atomic mass is 10.0. The van der Waals surface area contributed by atoms with E-state index in [2.05, 4.69) is 10.5 Å². The molecular weight excluding hydrogens is 360 g/mol. The minimum absolute atomic E-state index is 0.0806. The number of hydrogen-bond donors (Lipinski definition) is 1. The summed E-state index contributed by atoms with van der Waals surface area (Å²) in [5.41, 5.74) is 4.60. The molecule has 0 spiro atoms. The Balaban J connectivity index is 1.95. The molecule has 0 heterocycles. The Morgan fingerprint density at radius 2 is 1.50 bits per heavy atom. The highest BCUT2D eigenvalue weighted by Gasteiger charge is 2.19. The Kier molecular flexibility index (Phi) is 5.71. The normalized spacial score (nSPS) is 11.1. The van der Waals surface area contributed by atoms with Crippen LogP contribution in [0.4, 0.5) is 17.1 Å². The zero-order valence-electron chi connectivity index (χ0n) is 14.7. The Hall–Kier alpha value is -4.07. The highest BCUT2D eigenvalue weighted by molar-refractivity contribution is 6.02. The minimum atomic E-state index is -0.676. The lowest BCUT2D eigenvalue weighted by molar-refractivity contribution is -0.393. The van der Waals surface area contributed by atoms with Crippen molar-refractivity contribution >= 4 is 22.8 Å². The molecule has 3 aromatic carbocycles. The van der Waals surface area contributed by atoms with Crippen molar-refractivity contribution in [2.75, 3.05) is 5.43 Å². The average molecular weight is 376 g/mol. The van der Waals surface area contributed by atoms with Gasteiger partial charge in [0, 0.05) is 12.5 Å². The van der Waals surface area contributed by atoms with E-state index in [0.717, 1.165) is 17.2 Å². The van der Waals surface area contributed by atoms with Crippen LogP contribution in [0.25, 0.3) is 0 Å². The average Bonchev–Trinajstić information content (AvgIpc) is 2.72. The SMILES string of the molecule is O=[N+]([O-])c1ccc(NN=C(Cc2ccccc2)c2ccccc2)c([N+](=O)[O-])c1. The van der Waals surface area contributed by atoms with Gasteiger partial charge in [-0.15, -0.1) is 0 Å². The monoisotopic (exact) mass is 376 g/mol. The molecule has 0 aliphatic heterocycles. The number of anilines is 1. The molecule has 0 saturated carbocycles. The molecule has 1 N–H and O–H groups in total. The summed E-state index contributed by atoms with van der Waals surface area (Å²) in [6.45, 7) is 0. The van der Waals surface area contributed by atoms with E-state index in [0.29, 0.717) is 12.1 Å². The predicted molar refractivity (Wildman–Crippen MR) is 106 cm³/mol. The van der Waals surface area contributed by atoms with Gasteiger partial charge in [-0.2, -0.15) is 5.10 Å². The van der Waals surface area contributed by atoms with Crippen molar-refractivity contribution in [1.82, 2.24) is 0 Å². The first-order valence-corrected chi connectivity index (χ1v) is 8.39. The van der Waals surface area contributed by atoms with Gasteiger partial charge < -0.3 is 0 Å². The van der Waals surface area contributed by atoms with Crippen molar-refractivity contribution in [3.63, 3.8) is 0 Å². The molecule has 3 aromatic rings. The van der Waals surface area contributed by atoms with E-state index in [-0.39, 0.29) is 11.4 Å². The maximum atomic E-state index is 11.3. The van der Waals surface area contributed by atoms with Crippen LogP contribution in [0.2, 0.25) is 0 Å². The van der Waals surface area contributed by atoms with Crippen LogP contribution in [-0.2, 0) is 6.42 Å². The van der Waals surface area contributed by atoms with E-state index in [4.69, 9.17) is 0 Å². The number of rotatable bonds is 7. The van der Waals surface area contributed by atoms with Crippen LogP contribution in [-0.4, -0.2) is 15.6 Å². The van der Waals surface area contributed by atoms with E-state index in [9.17, 15) is 20.2 Å². The zero-order valence-corrected chi connectivity index (χ0v) is 14.7. The zero-order chi connectivity index (χ0) is 19.9. The van der Waals surface area contributed by atoms with E-state index in [1.807, 2.05) is 60.7 Å². The molecule has 0 aromatic heterocycles. The van der Waals surface area contributed by atoms with E-state index in [1.54, 1.807) is 0 Å². The number of hydrogen-bond acceptors (Lipinski definition) is 6. The quantitative estimate of drug-likeness (QED) is 0.369. The summed E-state index contributed by atoms with van der Waals surface area (Å²) in [6.07, 6.45) is 0.513. The maximum Gasteiger partial charge on any atom is 0.301 e. The summed E-state index contributed by atoms with van der Waals surface area (Å²) in [6, 6.07) is 22.5. The molecule has 0 bridgehead atoms.